The smallest absolute Gasteiger partial charge is 0.227 e. The van der Waals surface area contributed by atoms with Crippen molar-refractivity contribution in [3.05, 3.63) is 301 Å². The quantitative estimate of drug-likeness (QED) is 0.129. The monoisotopic (exact) mass is 962 g/mol. The molecule has 6 heteroatoms. The molecule has 11 aromatic carbocycles. The predicted octanol–water partition coefficient (Wildman–Crippen LogP) is 18.3. The molecule has 0 unspecified atom stereocenters. The number of fused-ring (bicyclic) bond motifs is 5. The highest BCUT2D eigenvalue weighted by atomic mass is 16.4. The summed E-state index contributed by atoms with van der Waals surface area (Å²) in [4.78, 5) is 14.3. The summed E-state index contributed by atoms with van der Waals surface area (Å²) in [6.45, 7) is 0. The fourth-order valence-corrected chi connectivity index (χ4v) is 11.2. The molecule has 2 heterocycles. The molecule has 0 aliphatic heterocycles. The van der Waals surface area contributed by atoms with Gasteiger partial charge in [0.05, 0.1) is 5.41 Å². The minimum Gasteiger partial charge on any atom is -0.436 e. The number of para-hydroxylation sites is 6. The van der Waals surface area contributed by atoms with E-state index in [0.717, 1.165) is 78.6 Å². The van der Waals surface area contributed by atoms with Crippen LogP contribution in [0.5, 0.6) is 0 Å². The van der Waals surface area contributed by atoms with Gasteiger partial charge in [0.1, 0.15) is 11.0 Å². The van der Waals surface area contributed by atoms with E-state index < -0.39 is 5.41 Å². The summed E-state index contributed by atoms with van der Waals surface area (Å²) >= 11 is 0. The van der Waals surface area contributed by atoms with Gasteiger partial charge in [0, 0.05) is 45.3 Å². The SMILES string of the molecule is c1ccc(N(c2ccc(-c3ccc4c(c3)C(c3ccccc3)(c3ccccc3)c3cc(N(c5ccccc5)c5cccc(-c6nc7ccccc7o6)c5)ccc3-4)cc2)c2cccc(-c3nc4ccccc4o3)c2)cc1. The van der Waals surface area contributed by atoms with Crippen molar-refractivity contribution in [3.8, 4) is 45.2 Å². The largest absolute Gasteiger partial charge is 0.436 e. The summed E-state index contributed by atoms with van der Waals surface area (Å²) in [5.41, 5.74) is 20.0. The summed E-state index contributed by atoms with van der Waals surface area (Å²) in [5.74, 6) is 1.18. The number of benzene rings is 11. The first-order valence-electron chi connectivity index (χ1n) is 25.3. The van der Waals surface area contributed by atoms with Crippen molar-refractivity contribution in [1.82, 2.24) is 9.97 Å². The Bertz CT molecular complexity index is 4080. The van der Waals surface area contributed by atoms with Crippen LogP contribution in [0.15, 0.2) is 288 Å². The van der Waals surface area contributed by atoms with Crippen LogP contribution in [0.25, 0.3) is 67.4 Å². The molecule has 13 aromatic rings. The molecule has 0 fully saturated rings. The van der Waals surface area contributed by atoms with Crippen LogP contribution < -0.4 is 9.80 Å². The lowest BCUT2D eigenvalue weighted by molar-refractivity contribution is 0.619. The van der Waals surface area contributed by atoms with Crippen molar-refractivity contribution in [3.63, 3.8) is 0 Å². The number of rotatable bonds is 11. The van der Waals surface area contributed by atoms with Gasteiger partial charge in [-0.15, -0.1) is 0 Å². The second-order valence-corrected chi connectivity index (χ2v) is 18.9. The Morgan fingerprint density at radius 1 is 0.280 bits per heavy atom. The zero-order valence-corrected chi connectivity index (χ0v) is 40.7. The van der Waals surface area contributed by atoms with Crippen LogP contribution in [0.2, 0.25) is 0 Å². The maximum absolute atomic E-state index is 6.31. The van der Waals surface area contributed by atoms with Crippen LogP contribution in [0.3, 0.4) is 0 Å². The second kappa shape index (κ2) is 18.2. The lowest BCUT2D eigenvalue weighted by Crippen LogP contribution is -2.28. The zero-order chi connectivity index (χ0) is 49.7. The van der Waals surface area contributed by atoms with E-state index in [1.807, 2.05) is 48.5 Å². The molecule has 0 atom stereocenters. The normalized spacial score (nSPS) is 12.4. The van der Waals surface area contributed by atoms with Crippen LogP contribution in [0.1, 0.15) is 22.3 Å². The van der Waals surface area contributed by atoms with E-state index in [2.05, 4.69) is 240 Å². The maximum Gasteiger partial charge on any atom is 0.227 e. The summed E-state index contributed by atoms with van der Waals surface area (Å²) < 4.78 is 12.5. The molecule has 0 radical (unpaired) electrons. The van der Waals surface area contributed by atoms with Crippen LogP contribution >= 0.6 is 0 Å². The average Bonchev–Trinajstić information content (AvgIpc) is 4.30. The van der Waals surface area contributed by atoms with E-state index in [-0.39, 0.29) is 0 Å². The molecule has 0 saturated heterocycles. The third-order valence-corrected chi connectivity index (χ3v) is 14.6. The molecule has 2 aromatic heterocycles. The lowest BCUT2D eigenvalue weighted by Gasteiger charge is -2.35. The Morgan fingerprint density at radius 3 is 1.19 bits per heavy atom. The van der Waals surface area contributed by atoms with Crippen LogP contribution in [-0.2, 0) is 5.41 Å². The maximum atomic E-state index is 6.31. The third kappa shape index (κ3) is 7.58. The Balaban J connectivity index is 0.891. The molecule has 1 aliphatic rings. The second-order valence-electron chi connectivity index (χ2n) is 18.9. The van der Waals surface area contributed by atoms with Gasteiger partial charge < -0.3 is 18.6 Å². The van der Waals surface area contributed by atoms with Gasteiger partial charge >= 0.3 is 0 Å². The van der Waals surface area contributed by atoms with Crippen molar-refractivity contribution in [2.45, 2.75) is 5.41 Å². The van der Waals surface area contributed by atoms with Crippen molar-refractivity contribution >= 4 is 56.3 Å². The molecule has 14 rings (SSSR count). The van der Waals surface area contributed by atoms with Crippen molar-refractivity contribution in [2.24, 2.45) is 0 Å². The van der Waals surface area contributed by atoms with Crippen LogP contribution in [-0.4, -0.2) is 9.97 Å². The molecule has 0 amide bonds. The first kappa shape index (κ1) is 43.7. The molecule has 0 bridgehead atoms. The Labute approximate surface area is 434 Å². The molecular formula is C69H46N4O2. The Hall–Kier alpha value is -10.0. The summed E-state index contributed by atoms with van der Waals surface area (Å²) in [5, 5.41) is 0. The molecule has 0 spiro atoms. The highest BCUT2D eigenvalue weighted by Crippen LogP contribution is 2.58. The van der Waals surface area contributed by atoms with Gasteiger partial charge in [0.2, 0.25) is 11.8 Å². The number of oxazole rings is 2. The molecule has 354 valence electrons. The Morgan fingerprint density at radius 2 is 0.667 bits per heavy atom. The summed E-state index contributed by atoms with van der Waals surface area (Å²) in [7, 11) is 0. The highest BCUT2D eigenvalue weighted by Gasteiger charge is 2.46. The zero-order valence-electron chi connectivity index (χ0n) is 40.7. The third-order valence-electron chi connectivity index (χ3n) is 14.6. The predicted molar refractivity (Wildman–Crippen MR) is 305 cm³/mol. The van der Waals surface area contributed by atoms with E-state index in [1.54, 1.807) is 0 Å². The van der Waals surface area contributed by atoms with E-state index in [9.17, 15) is 0 Å². The van der Waals surface area contributed by atoms with Gasteiger partial charge in [-0.1, -0.05) is 164 Å². The lowest BCUT2D eigenvalue weighted by atomic mass is 9.67. The average molecular weight is 963 g/mol. The van der Waals surface area contributed by atoms with Gasteiger partial charge in [-0.05, 0) is 160 Å². The minimum absolute atomic E-state index is 0.587. The van der Waals surface area contributed by atoms with E-state index >= 15 is 0 Å². The number of hydrogen-bond donors (Lipinski definition) is 0. The highest BCUT2D eigenvalue weighted by molar-refractivity contribution is 5.92. The van der Waals surface area contributed by atoms with E-state index in [4.69, 9.17) is 18.8 Å². The van der Waals surface area contributed by atoms with Gasteiger partial charge in [-0.25, -0.2) is 9.97 Å². The van der Waals surface area contributed by atoms with E-state index in [1.165, 1.54) is 33.4 Å². The standard InChI is InChI=1S/C69H46N4O2/c1-5-21-51(22-6-1)69(52-23-7-2-8-24-52)61-45-48(47-35-38-55(39-36-47)72(53-25-9-3-10-26-53)56-29-17-19-49(43-56)67-70-63-31-13-15-33-65(63)74-67)37-41-59(61)60-42-40-58(46-62(60)69)73(54-27-11-4-12-28-54)57-30-18-20-50(44-57)68-71-64-32-14-16-34-66(64)75-68/h1-46H. The molecule has 0 saturated carbocycles. The molecular weight excluding hydrogens is 917 g/mol. The van der Waals surface area contributed by atoms with Gasteiger partial charge in [0.25, 0.3) is 0 Å². The van der Waals surface area contributed by atoms with Crippen LogP contribution in [0, 0.1) is 0 Å². The first-order chi connectivity index (χ1) is 37.2. The topological polar surface area (TPSA) is 58.5 Å². The van der Waals surface area contributed by atoms with Gasteiger partial charge in [-0.2, -0.15) is 0 Å². The number of nitrogens with zero attached hydrogens (tertiary/aromatic N) is 4. The van der Waals surface area contributed by atoms with Gasteiger partial charge in [0.15, 0.2) is 11.2 Å². The molecule has 6 nitrogen and oxygen atoms in total. The fourth-order valence-electron chi connectivity index (χ4n) is 11.2. The number of anilines is 6. The van der Waals surface area contributed by atoms with Crippen LogP contribution in [0.4, 0.5) is 34.1 Å². The molecule has 0 N–H and O–H groups in total. The first-order valence-corrected chi connectivity index (χ1v) is 25.3. The fraction of sp³-hybridized carbons (Fsp3) is 0.0145. The van der Waals surface area contributed by atoms with E-state index in [0.29, 0.717) is 11.8 Å². The van der Waals surface area contributed by atoms with Crippen molar-refractivity contribution in [1.29, 1.82) is 0 Å². The van der Waals surface area contributed by atoms with Crippen molar-refractivity contribution < 1.29 is 8.83 Å². The molecule has 75 heavy (non-hydrogen) atoms. The summed E-state index contributed by atoms with van der Waals surface area (Å²) in [6, 6.07) is 98.8. The Kier molecular flexibility index (Phi) is 10.6. The summed E-state index contributed by atoms with van der Waals surface area (Å²) in [6.07, 6.45) is 0. The molecule has 1 aliphatic carbocycles. The van der Waals surface area contributed by atoms with Gasteiger partial charge in [-0.3, -0.25) is 0 Å². The number of hydrogen-bond acceptors (Lipinski definition) is 6. The minimum atomic E-state index is -0.661. The number of aromatic nitrogens is 2. The van der Waals surface area contributed by atoms with Crippen molar-refractivity contribution in [2.75, 3.05) is 9.80 Å².